The molecule has 0 aromatic rings. The van der Waals surface area contributed by atoms with Gasteiger partial charge < -0.3 is 16.0 Å². The van der Waals surface area contributed by atoms with E-state index in [2.05, 4.69) is 29.2 Å². The summed E-state index contributed by atoms with van der Waals surface area (Å²) in [5.74, 6) is 1.31. The molecule has 0 radical (unpaired) electrons. The van der Waals surface area contributed by atoms with Crippen LogP contribution in [0.15, 0.2) is 4.99 Å². The molecule has 1 fully saturated rings. The highest BCUT2D eigenvalue weighted by Gasteiger charge is 2.16. The SMILES string of the molecule is CCCCCCNC(N)=NCC1CCCN(C)C1.I. The van der Waals surface area contributed by atoms with Crippen LogP contribution in [0.2, 0.25) is 0 Å². The first-order valence-corrected chi connectivity index (χ1v) is 7.44. The summed E-state index contributed by atoms with van der Waals surface area (Å²) < 4.78 is 0. The minimum atomic E-state index is 0. The maximum atomic E-state index is 5.87. The van der Waals surface area contributed by atoms with Crippen molar-refractivity contribution < 1.29 is 0 Å². The molecule has 0 aromatic heterocycles. The molecule has 0 aromatic carbocycles. The van der Waals surface area contributed by atoms with Gasteiger partial charge in [-0.1, -0.05) is 26.2 Å². The lowest BCUT2D eigenvalue weighted by molar-refractivity contribution is 0.214. The number of unbranched alkanes of at least 4 members (excludes halogenated alkanes) is 3. The minimum Gasteiger partial charge on any atom is -0.370 e. The van der Waals surface area contributed by atoms with Crippen LogP contribution in [0.4, 0.5) is 0 Å². The van der Waals surface area contributed by atoms with Crippen LogP contribution in [0.25, 0.3) is 0 Å². The highest BCUT2D eigenvalue weighted by molar-refractivity contribution is 14.0. The Morgan fingerprint density at radius 1 is 1.37 bits per heavy atom. The average molecular weight is 382 g/mol. The number of halogens is 1. The number of nitrogens with one attached hydrogen (secondary N) is 1. The standard InChI is InChI=1S/C14H30N4.HI/c1-3-4-5-6-9-16-14(15)17-11-13-8-7-10-18(2)12-13;/h13H,3-12H2,1-2H3,(H3,15,16,17);1H. The highest BCUT2D eigenvalue weighted by Crippen LogP contribution is 2.14. The quantitative estimate of drug-likeness (QED) is 0.308. The van der Waals surface area contributed by atoms with Crippen LogP contribution in [-0.4, -0.2) is 44.1 Å². The second-order valence-corrected chi connectivity index (χ2v) is 5.48. The summed E-state index contributed by atoms with van der Waals surface area (Å²) in [4.78, 5) is 6.84. The lowest BCUT2D eigenvalue weighted by Gasteiger charge is -2.28. The van der Waals surface area contributed by atoms with Crippen LogP contribution in [-0.2, 0) is 0 Å². The lowest BCUT2D eigenvalue weighted by Crippen LogP contribution is -2.36. The number of aliphatic imine (C=N–C) groups is 1. The Kier molecular flexibility index (Phi) is 11.7. The van der Waals surface area contributed by atoms with Crippen molar-refractivity contribution in [2.75, 3.05) is 33.2 Å². The predicted molar refractivity (Wildman–Crippen MR) is 94.3 cm³/mol. The Morgan fingerprint density at radius 3 is 2.84 bits per heavy atom. The van der Waals surface area contributed by atoms with Gasteiger partial charge in [0.25, 0.3) is 0 Å². The number of hydrogen-bond acceptors (Lipinski definition) is 2. The van der Waals surface area contributed by atoms with E-state index in [0.29, 0.717) is 11.9 Å². The molecule has 1 aliphatic rings. The van der Waals surface area contributed by atoms with Gasteiger partial charge in [-0.05, 0) is 38.8 Å². The third-order valence-corrected chi connectivity index (χ3v) is 3.58. The summed E-state index contributed by atoms with van der Waals surface area (Å²) >= 11 is 0. The molecule has 5 heteroatoms. The van der Waals surface area contributed by atoms with Gasteiger partial charge in [0.05, 0.1) is 0 Å². The van der Waals surface area contributed by atoms with Gasteiger partial charge in [0.2, 0.25) is 0 Å². The van der Waals surface area contributed by atoms with E-state index < -0.39 is 0 Å². The van der Waals surface area contributed by atoms with Crippen molar-refractivity contribution >= 4 is 29.9 Å². The predicted octanol–water partition coefficient (Wildman–Crippen LogP) is 2.43. The van der Waals surface area contributed by atoms with Crippen LogP contribution < -0.4 is 11.1 Å². The molecule has 19 heavy (non-hydrogen) atoms. The summed E-state index contributed by atoms with van der Waals surface area (Å²) in [7, 11) is 2.19. The van der Waals surface area contributed by atoms with Crippen LogP contribution in [0, 0.1) is 5.92 Å². The minimum absolute atomic E-state index is 0. The molecule has 0 amide bonds. The van der Waals surface area contributed by atoms with E-state index in [4.69, 9.17) is 5.73 Å². The van der Waals surface area contributed by atoms with Crippen LogP contribution >= 0.6 is 24.0 Å². The fourth-order valence-corrected chi connectivity index (χ4v) is 2.47. The third-order valence-electron chi connectivity index (χ3n) is 3.58. The third kappa shape index (κ3) is 9.49. The molecule has 0 saturated carbocycles. The first kappa shape index (κ1) is 19.0. The number of nitrogens with two attached hydrogens (primary N) is 1. The summed E-state index contributed by atoms with van der Waals surface area (Å²) in [6.07, 6.45) is 7.64. The van der Waals surface area contributed by atoms with E-state index in [1.165, 1.54) is 45.1 Å². The van der Waals surface area contributed by atoms with Gasteiger partial charge in [0, 0.05) is 19.6 Å². The fraction of sp³-hybridized carbons (Fsp3) is 0.929. The Bertz CT molecular complexity index is 246. The van der Waals surface area contributed by atoms with Crippen LogP contribution in [0.1, 0.15) is 45.4 Å². The number of nitrogens with zero attached hydrogens (tertiary/aromatic N) is 2. The number of likely N-dealkylation sites (tertiary alicyclic amines) is 1. The van der Waals surface area contributed by atoms with Gasteiger partial charge in [-0.2, -0.15) is 0 Å². The summed E-state index contributed by atoms with van der Waals surface area (Å²) in [5.41, 5.74) is 5.87. The normalized spacial score (nSPS) is 20.9. The molecule has 0 spiro atoms. The van der Waals surface area contributed by atoms with Gasteiger partial charge in [-0.3, -0.25) is 4.99 Å². The van der Waals surface area contributed by atoms with Crippen molar-refractivity contribution in [1.82, 2.24) is 10.2 Å². The zero-order valence-electron chi connectivity index (χ0n) is 12.5. The molecule has 0 aliphatic carbocycles. The Hall–Kier alpha value is -0.0400. The van der Waals surface area contributed by atoms with E-state index in [0.717, 1.165) is 19.6 Å². The smallest absolute Gasteiger partial charge is 0.188 e. The van der Waals surface area contributed by atoms with Crippen LogP contribution in [0.3, 0.4) is 0 Å². The highest BCUT2D eigenvalue weighted by atomic mass is 127. The zero-order chi connectivity index (χ0) is 13.2. The Balaban J connectivity index is 0.00000324. The molecule has 1 unspecified atom stereocenters. The number of piperidine rings is 1. The molecular weight excluding hydrogens is 351 g/mol. The monoisotopic (exact) mass is 382 g/mol. The topological polar surface area (TPSA) is 53.6 Å². The Morgan fingerprint density at radius 2 is 2.16 bits per heavy atom. The molecular formula is C14H31IN4. The molecule has 0 bridgehead atoms. The van der Waals surface area contributed by atoms with Gasteiger partial charge in [-0.15, -0.1) is 24.0 Å². The van der Waals surface area contributed by atoms with E-state index in [-0.39, 0.29) is 24.0 Å². The Labute approximate surface area is 135 Å². The summed E-state index contributed by atoms with van der Waals surface area (Å²) in [5, 5.41) is 3.21. The maximum absolute atomic E-state index is 5.87. The first-order chi connectivity index (χ1) is 8.72. The van der Waals surface area contributed by atoms with E-state index in [9.17, 15) is 0 Å². The van der Waals surface area contributed by atoms with E-state index in [1.54, 1.807) is 0 Å². The van der Waals surface area contributed by atoms with E-state index in [1.807, 2.05) is 0 Å². The van der Waals surface area contributed by atoms with Crippen LogP contribution in [0.5, 0.6) is 0 Å². The zero-order valence-corrected chi connectivity index (χ0v) is 14.9. The van der Waals surface area contributed by atoms with Gasteiger partial charge in [-0.25, -0.2) is 0 Å². The molecule has 1 rings (SSSR count). The number of guanidine groups is 1. The van der Waals surface area contributed by atoms with Gasteiger partial charge in [0.15, 0.2) is 5.96 Å². The lowest BCUT2D eigenvalue weighted by atomic mass is 9.99. The van der Waals surface area contributed by atoms with Crippen molar-refractivity contribution in [3.63, 3.8) is 0 Å². The summed E-state index contributed by atoms with van der Waals surface area (Å²) in [6.45, 7) is 6.45. The number of rotatable bonds is 7. The van der Waals surface area contributed by atoms with Gasteiger partial charge in [0.1, 0.15) is 0 Å². The molecule has 3 N–H and O–H groups in total. The largest absolute Gasteiger partial charge is 0.370 e. The second kappa shape index (κ2) is 11.8. The molecule has 114 valence electrons. The van der Waals surface area contributed by atoms with Gasteiger partial charge >= 0.3 is 0 Å². The van der Waals surface area contributed by atoms with Crippen molar-refractivity contribution in [2.45, 2.75) is 45.4 Å². The van der Waals surface area contributed by atoms with Crippen molar-refractivity contribution in [3.8, 4) is 0 Å². The number of hydrogen-bond donors (Lipinski definition) is 2. The molecule has 1 aliphatic heterocycles. The van der Waals surface area contributed by atoms with Crippen molar-refractivity contribution in [2.24, 2.45) is 16.6 Å². The maximum Gasteiger partial charge on any atom is 0.188 e. The second-order valence-electron chi connectivity index (χ2n) is 5.48. The van der Waals surface area contributed by atoms with E-state index >= 15 is 0 Å². The molecule has 1 atom stereocenters. The van der Waals surface area contributed by atoms with Crippen molar-refractivity contribution in [3.05, 3.63) is 0 Å². The fourth-order valence-electron chi connectivity index (χ4n) is 2.47. The first-order valence-electron chi connectivity index (χ1n) is 7.44. The molecule has 1 heterocycles. The summed E-state index contributed by atoms with van der Waals surface area (Å²) in [6, 6.07) is 0. The average Bonchev–Trinajstić information content (AvgIpc) is 2.36. The van der Waals surface area contributed by atoms with Crippen molar-refractivity contribution in [1.29, 1.82) is 0 Å². The molecule has 4 nitrogen and oxygen atoms in total. The molecule has 1 saturated heterocycles.